The average molecular weight is 409 g/mol. The van der Waals surface area contributed by atoms with E-state index in [4.69, 9.17) is 15.2 Å². The van der Waals surface area contributed by atoms with Crippen LogP contribution in [-0.2, 0) is 6.54 Å². The van der Waals surface area contributed by atoms with Crippen molar-refractivity contribution in [2.45, 2.75) is 44.7 Å². The van der Waals surface area contributed by atoms with Crippen LogP contribution in [0.1, 0.15) is 48.0 Å². The molecule has 1 aliphatic carbocycles. The van der Waals surface area contributed by atoms with Crippen molar-refractivity contribution in [3.8, 4) is 17.2 Å². The number of halogens is 2. The predicted octanol–water partition coefficient (Wildman–Crippen LogP) is 4.57. The van der Waals surface area contributed by atoms with E-state index >= 15 is 0 Å². The van der Waals surface area contributed by atoms with E-state index in [1.807, 2.05) is 0 Å². The molecule has 0 radical (unpaired) electrons. The third kappa shape index (κ3) is 5.36. The minimum atomic E-state index is -0.517. The third-order valence-corrected chi connectivity index (χ3v) is 4.82. The molecule has 0 aliphatic heterocycles. The van der Waals surface area contributed by atoms with Gasteiger partial charge in [0, 0.05) is 18.2 Å². The quantitative estimate of drug-likeness (QED) is 0.734. The van der Waals surface area contributed by atoms with E-state index in [2.05, 4.69) is 5.32 Å². The fraction of sp³-hybridized carbons (Fsp3) is 0.381. The van der Waals surface area contributed by atoms with Crippen molar-refractivity contribution in [3.63, 3.8) is 0 Å². The van der Waals surface area contributed by atoms with Gasteiger partial charge in [0.2, 0.25) is 0 Å². The molecule has 0 aromatic heterocycles. The van der Waals surface area contributed by atoms with Crippen molar-refractivity contribution in [1.82, 2.24) is 5.32 Å². The maximum absolute atomic E-state index is 14.2. The summed E-state index contributed by atoms with van der Waals surface area (Å²) in [6.07, 6.45) is 5.51. The second-order valence-electron chi connectivity index (χ2n) is 6.74. The highest BCUT2D eigenvalue weighted by atomic mass is 35.5. The minimum absolute atomic E-state index is 0. The van der Waals surface area contributed by atoms with Gasteiger partial charge in [-0.15, -0.1) is 12.4 Å². The number of hydrogen-bond acceptors (Lipinski definition) is 4. The topological polar surface area (TPSA) is 73.6 Å². The Morgan fingerprint density at radius 2 is 1.82 bits per heavy atom. The first-order valence-electron chi connectivity index (χ1n) is 9.26. The van der Waals surface area contributed by atoms with Crippen molar-refractivity contribution < 1.29 is 18.7 Å². The van der Waals surface area contributed by atoms with E-state index < -0.39 is 5.82 Å². The Balaban J connectivity index is 0.00000280. The first kappa shape index (κ1) is 22.0. The van der Waals surface area contributed by atoms with Gasteiger partial charge in [0.1, 0.15) is 0 Å². The van der Waals surface area contributed by atoms with Crippen molar-refractivity contribution in [3.05, 3.63) is 53.3 Å². The van der Waals surface area contributed by atoms with Crippen LogP contribution < -0.4 is 20.5 Å². The lowest BCUT2D eigenvalue weighted by Gasteiger charge is -2.23. The molecule has 2 aromatic rings. The van der Waals surface area contributed by atoms with E-state index in [1.165, 1.54) is 25.7 Å². The summed E-state index contributed by atoms with van der Waals surface area (Å²) in [7, 11) is 1.50. The smallest absolute Gasteiger partial charge is 0.251 e. The first-order valence-corrected chi connectivity index (χ1v) is 9.26. The summed E-state index contributed by atoms with van der Waals surface area (Å²) in [5, 5.41) is 3.07. The molecular formula is C21H26ClFN2O3. The Morgan fingerprint density at radius 3 is 2.46 bits per heavy atom. The van der Waals surface area contributed by atoms with Crippen LogP contribution in [0.15, 0.2) is 36.4 Å². The van der Waals surface area contributed by atoms with Crippen LogP contribution >= 0.6 is 12.4 Å². The zero-order valence-electron chi connectivity index (χ0n) is 15.9. The van der Waals surface area contributed by atoms with E-state index in [0.717, 1.165) is 25.7 Å². The number of amides is 1. The minimum Gasteiger partial charge on any atom is -0.493 e. The molecule has 1 saturated carbocycles. The van der Waals surface area contributed by atoms with Gasteiger partial charge in [-0.25, -0.2) is 4.39 Å². The molecule has 152 valence electrons. The molecule has 0 bridgehead atoms. The summed E-state index contributed by atoms with van der Waals surface area (Å²) in [5.41, 5.74) is 6.65. The summed E-state index contributed by atoms with van der Waals surface area (Å²) in [6, 6.07) is 9.67. The number of hydrogen-bond donors (Lipinski definition) is 2. The normalized spacial score (nSPS) is 14.1. The van der Waals surface area contributed by atoms with Crippen LogP contribution in [0.25, 0.3) is 0 Å². The van der Waals surface area contributed by atoms with Gasteiger partial charge in [-0.2, -0.15) is 0 Å². The van der Waals surface area contributed by atoms with Crippen molar-refractivity contribution >= 4 is 18.3 Å². The van der Waals surface area contributed by atoms with Crippen LogP contribution in [0.4, 0.5) is 4.39 Å². The molecule has 0 heterocycles. The average Bonchev–Trinajstić information content (AvgIpc) is 2.70. The highest BCUT2D eigenvalue weighted by molar-refractivity contribution is 5.95. The van der Waals surface area contributed by atoms with Crippen LogP contribution in [0.3, 0.4) is 0 Å². The number of benzene rings is 2. The predicted molar refractivity (Wildman–Crippen MR) is 109 cm³/mol. The molecule has 0 spiro atoms. The Kier molecular flexibility index (Phi) is 8.08. The van der Waals surface area contributed by atoms with Gasteiger partial charge in [0.25, 0.3) is 5.91 Å². The number of methoxy groups -OCH3 is 1. The van der Waals surface area contributed by atoms with Crippen LogP contribution in [0.5, 0.6) is 17.2 Å². The van der Waals surface area contributed by atoms with E-state index in [1.54, 1.807) is 24.3 Å². The van der Waals surface area contributed by atoms with E-state index in [9.17, 15) is 9.18 Å². The van der Waals surface area contributed by atoms with Crippen molar-refractivity contribution in [1.29, 1.82) is 0 Å². The van der Waals surface area contributed by atoms with Crippen LogP contribution in [0, 0.1) is 5.82 Å². The Morgan fingerprint density at radius 1 is 1.11 bits per heavy atom. The largest absolute Gasteiger partial charge is 0.493 e. The molecule has 2 aromatic carbocycles. The molecule has 1 amide bonds. The zero-order chi connectivity index (χ0) is 19.2. The highest BCUT2D eigenvalue weighted by Gasteiger charge is 2.18. The second kappa shape index (κ2) is 10.3. The number of carbonyl (C=O) groups is 1. The summed E-state index contributed by atoms with van der Waals surface area (Å²) in [5.74, 6) is 0.0838. The fourth-order valence-electron chi connectivity index (χ4n) is 3.29. The highest BCUT2D eigenvalue weighted by Crippen LogP contribution is 2.34. The van der Waals surface area contributed by atoms with Gasteiger partial charge < -0.3 is 20.5 Å². The maximum Gasteiger partial charge on any atom is 0.251 e. The van der Waals surface area contributed by atoms with Gasteiger partial charge in [-0.1, -0.05) is 25.3 Å². The fourth-order valence-corrected chi connectivity index (χ4v) is 3.29. The lowest BCUT2D eigenvalue weighted by Crippen LogP contribution is -2.36. The van der Waals surface area contributed by atoms with Gasteiger partial charge in [-0.05, 0) is 48.7 Å². The molecular weight excluding hydrogens is 383 g/mol. The number of nitrogens with two attached hydrogens (primary N) is 1. The number of ether oxygens (including phenoxy) is 2. The van der Waals surface area contributed by atoms with Gasteiger partial charge in [0.05, 0.1) is 7.11 Å². The SMILES string of the molecule is COc1ccc(C(=O)NC2CCCCC2)cc1Oc1ccc(CN)cc1F.Cl. The molecule has 1 aliphatic rings. The number of carbonyl (C=O) groups excluding carboxylic acids is 1. The van der Waals surface area contributed by atoms with Gasteiger partial charge in [-0.3, -0.25) is 4.79 Å². The molecule has 5 nitrogen and oxygen atoms in total. The summed E-state index contributed by atoms with van der Waals surface area (Å²) >= 11 is 0. The van der Waals surface area contributed by atoms with Crippen molar-refractivity contribution in [2.24, 2.45) is 5.73 Å². The van der Waals surface area contributed by atoms with Gasteiger partial charge >= 0.3 is 0 Å². The number of nitrogens with one attached hydrogen (secondary N) is 1. The van der Waals surface area contributed by atoms with E-state index in [-0.39, 0.29) is 42.4 Å². The lowest BCUT2D eigenvalue weighted by molar-refractivity contribution is 0.0927. The molecule has 3 rings (SSSR count). The standard InChI is InChI=1S/C21H25FN2O3.ClH/c1-26-19-10-8-15(21(25)24-16-5-3-2-4-6-16)12-20(19)27-18-9-7-14(13-23)11-17(18)22;/h7-12,16H,2-6,13,23H2,1H3,(H,24,25);1H. The third-order valence-electron chi connectivity index (χ3n) is 4.82. The molecule has 1 fully saturated rings. The lowest BCUT2D eigenvalue weighted by atomic mass is 9.95. The summed E-state index contributed by atoms with van der Waals surface area (Å²) < 4.78 is 25.2. The Hall–Kier alpha value is -2.31. The zero-order valence-corrected chi connectivity index (χ0v) is 16.7. The molecule has 0 atom stereocenters. The molecule has 0 saturated heterocycles. The summed E-state index contributed by atoms with van der Waals surface area (Å²) in [4.78, 5) is 12.6. The second-order valence-corrected chi connectivity index (χ2v) is 6.74. The maximum atomic E-state index is 14.2. The Labute approximate surface area is 170 Å². The van der Waals surface area contributed by atoms with Crippen molar-refractivity contribution in [2.75, 3.05) is 7.11 Å². The molecule has 3 N–H and O–H groups in total. The van der Waals surface area contributed by atoms with E-state index in [0.29, 0.717) is 16.9 Å². The number of rotatable bonds is 6. The van der Waals surface area contributed by atoms with Crippen LogP contribution in [0.2, 0.25) is 0 Å². The Bertz CT molecular complexity index is 810. The molecule has 0 unspecified atom stereocenters. The molecule has 28 heavy (non-hydrogen) atoms. The molecule has 7 heteroatoms. The summed E-state index contributed by atoms with van der Waals surface area (Å²) in [6.45, 7) is 0.247. The monoisotopic (exact) mass is 408 g/mol. The first-order chi connectivity index (χ1) is 13.1. The van der Waals surface area contributed by atoms with Crippen LogP contribution in [-0.4, -0.2) is 19.1 Å². The van der Waals surface area contributed by atoms with Gasteiger partial charge in [0.15, 0.2) is 23.1 Å².